The van der Waals surface area contributed by atoms with Gasteiger partial charge in [0.2, 0.25) is 0 Å². The third-order valence-electron chi connectivity index (χ3n) is 4.20. The molecule has 1 N–H and O–H groups in total. The molecule has 0 atom stereocenters. The first-order chi connectivity index (χ1) is 13.3. The van der Waals surface area contributed by atoms with Crippen molar-refractivity contribution in [1.82, 2.24) is 19.7 Å². The van der Waals surface area contributed by atoms with E-state index in [1.807, 2.05) is 16.9 Å². The molecule has 2 heterocycles. The molecule has 0 saturated carbocycles. The third kappa shape index (κ3) is 4.17. The third-order valence-corrected chi connectivity index (χ3v) is 4.20. The average Bonchev–Trinajstić information content (AvgIpc) is 3.24. The first-order valence-corrected chi connectivity index (χ1v) is 8.69. The van der Waals surface area contributed by atoms with Gasteiger partial charge in [0.1, 0.15) is 11.6 Å². The summed E-state index contributed by atoms with van der Waals surface area (Å²) in [6.07, 6.45) is 7.91. The van der Waals surface area contributed by atoms with E-state index in [2.05, 4.69) is 44.6 Å². The molecule has 0 unspecified atom stereocenters. The van der Waals surface area contributed by atoms with Crippen molar-refractivity contribution in [3.05, 3.63) is 90.8 Å². The monoisotopic (exact) mass is 359 g/mol. The summed E-state index contributed by atoms with van der Waals surface area (Å²) in [5.41, 5.74) is 3.81. The minimum Gasteiger partial charge on any atom is -0.368 e. The molecule has 0 spiro atoms. The fourth-order valence-corrected chi connectivity index (χ4v) is 2.78. The summed E-state index contributed by atoms with van der Waals surface area (Å²) in [4.78, 5) is 8.76. The molecule has 4 rings (SSSR count). The molecule has 27 heavy (non-hydrogen) atoms. The van der Waals surface area contributed by atoms with Crippen LogP contribution in [0, 0.1) is 5.82 Å². The molecule has 5 nitrogen and oxygen atoms in total. The number of rotatable bonds is 6. The Labute approximate surface area is 156 Å². The fraction of sp³-hybridized carbons (Fsp3) is 0.0952. The minimum atomic E-state index is -0.264. The van der Waals surface area contributed by atoms with Crippen molar-refractivity contribution in [2.24, 2.45) is 0 Å². The molecule has 0 radical (unpaired) electrons. The molecular weight excluding hydrogens is 341 g/mol. The van der Waals surface area contributed by atoms with Crippen molar-refractivity contribution in [2.75, 3.05) is 11.9 Å². The number of nitrogens with one attached hydrogen (secondary N) is 1. The van der Waals surface area contributed by atoms with Crippen molar-refractivity contribution < 1.29 is 4.39 Å². The number of halogens is 1. The Balaban J connectivity index is 1.36. The van der Waals surface area contributed by atoms with Gasteiger partial charge in [-0.15, -0.1) is 0 Å². The molecule has 0 bridgehead atoms. The highest BCUT2D eigenvalue weighted by molar-refractivity contribution is 5.59. The van der Waals surface area contributed by atoms with E-state index in [1.165, 1.54) is 17.7 Å². The van der Waals surface area contributed by atoms with Crippen LogP contribution in [0.2, 0.25) is 0 Å². The van der Waals surface area contributed by atoms with Gasteiger partial charge in [0, 0.05) is 24.5 Å². The molecular formula is C21H18FN5. The molecule has 134 valence electrons. The smallest absolute Gasteiger partial charge is 0.145 e. The zero-order chi connectivity index (χ0) is 18.5. The van der Waals surface area contributed by atoms with E-state index in [4.69, 9.17) is 0 Å². The maximum Gasteiger partial charge on any atom is 0.145 e. The lowest BCUT2D eigenvalue weighted by molar-refractivity contribution is 0.628. The maximum absolute atomic E-state index is 13.1. The molecule has 0 fully saturated rings. The van der Waals surface area contributed by atoms with Gasteiger partial charge in [-0.2, -0.15) is 5.10 Å². The van der Waals surface area contributed by atoms with Crippen LogP contribution in [-0.2, 0) is 6.42 Å². The highest BCUT2D eigenvalue weighted by Gasteiger charge is 2.03. The van der Waals surface area contributed by atoms with E-state index >= 15 is 0 Å². The van der Waals surface area contributed by atoms with Gasteiger partial charge < -0.3 is 5.32 Å². The topological polar surface area (TPSA) is 55.6 Å². The lowest BCUT2D eigenvalue weighted by Gasteiger charge is -2.08. The number of hydrogen-bond donors (Lipinski definition) is 1. The SMILES string of the molecule is Fc1ccc(-c2cncc(NCCc3ccc(-n4cccn4)cc3)n2)cc1. The van der Waals surface area contributed by atoms with Crippen molar-refractivity contribution in [2.45, 2.75) is 6.42 Å². The van der Waals surface area contributed by atoms with Crippen LogP contribution >= 0.6 is 0 Å². The van der Waals surface area contributed by atoms with Gasteiger partial charge in [-0.1, -0.05) is 12.1 Å². The van der Waals surface area contributed by atoms with Crippen molar-refractivity contribution in [3.63, 3.8) is 0 Å². The Kier molecular flexibility index (Phi) is 4.87. The molecule has 0 saturated heterocycles. The second-order valence-corrected chi connectivity index (χ2v) is 6.09. The number of aromatic nitrogens is 4. The second-order valence-electron chi connectivity index (χ2n) is 6.09. The minimum absolute atomic E-state index is 0.264. The summed E-state index contributed by atoms with van der Waals surface area (Å²) >= 11 is 0. The van der Waals surface area contributed by atoms with Crippen LogP contribution in [0.25, 0.3) is 16.9 Å². The highest BCUT2D eigenvalue weighted by Crippen LogP contribution is 2.18. The predicted molar refractivity (Wildman–Crippen MR) is 103 cm³/mol. The molecule has 6 heteroatoms. The van der Waals surface area contributed by atoms with Crippen LogP contribution in [0.3, 0.4) is 0 Å². The summed E-state index contributed by atoms with van der Waals surface area (Å²) in [7, 11) is 0. The lowest BCUT2D eigenvalue weighted by atomic mass is 10.1. The molecule has 4 aromatic rings. The van der Waals surface area contributed by atoms with Gasteiger partial charge in [-0.05, 0) is 54.4 Å². The van der Waals surface area contributed by atoms with Gasteiger partial charge in [-0.3, -0.25) is 4.98 Å². The Bertz CT molecular complexity index is 996. The van der Waals surface area contributed by atoms with E-state index < -0.39 is 0 Å². The molecule has 0 aliphatic carbocycles. The molecule has 0 aliphatic heterocycles. The maximum atomic E-state index is 13.1. The zero-order valence-corrected chi connectivity index (χ0v) is 14.6. The number of benzene rings is 2. The summed E-state index contributed by atoms with van der Waals surface area (Å²) < 4.78 is 14.9. The van der Waals surface area contributed by atoms with Crippen LogP contribution in [0.4, 0.5) is 10.2 Å². The number of anilines is 1. The number of hydrogen-bond acceptors (Lipinski definition) is 4. The predicted octanol–water partition coefficient (Wildman–Crippen LogP) is 4.12. The molecule has 2 aromatic heterocycles. The van der Waals surface area contributed by atoms with Crippen molar-refractivity contribution >= 4 is 5.82 Å². The summed E-state index contributed by atoms with van der Waals surface area (Å²) in [6.45, 7) is 0.739. The van der Waals surface area contributed by atoms with Crippen LogP contribution in [0.15, 0.2) is 79.4 Å². The Morgan fingerprint density at radius 1 is 0.963 bits per heavy atom. The Hall–Kier alpha value is -3.54. The van der Waals surface area contributed by atoms with Crippen LogP contribution in [0.1, 0.15) is 5.56 Å². The summed E-state index contributed by atoms with van der Waals surface area (Å²) in [5, 5.41) is 7.52. The lowest BCUT2D eigenvalue weighted by Crippen LogP contribution is -2.07. The second kappa shape index (κ2) is 7.78. The molecule has 0 amide bonds. The quantitative estimate of drug-likeness (QED) is 0.563. The largest absolute Gasteiger partial charge is 0.368 e. The van der Waals surface area contributed by atoms with E-state index in [-0.39, 0.29) is 5.82 Å². The molecule has 0 aliphatic rings. The van der Waals surface area contributed by atoms with E-state index in [0.717, 1.165) is 24.2 Å². The summed E-state index contributed by atoms with van der Waals surface area (Å²) in [5.74, 6) is 0.435. The van der Waals surface area contributed by atoms with Gasteiger partial charge in [0.15, 0.2) is 0 Å². The van der Waals surface area contributed by atoms with Crippen molar-refractivity contribution in [3.8, 4) is 16.9 Å². The highest BCUT2D eigenvalue weighted by atomic mass is 19.1. The van der Waals surface area contributed by atoms with Crippen LogP contribution in [0.5, 0.6) is 0 Å². The molecule has 2 aromatic carbocycles. The summed E-state index contributed by atoms with van der Waals surface area (Å²) in [6, 6.07) is 16.4. The van der Waals surface area contributed by atoms with Gasteiger partial charge in [-0.25, -0.2) is 14.1 Å². The van der Waals surface area contributed by atoms with E-state index in [9.17, 15) is 4.39 Å². The Morgan fingerprint density at radius 2 is 1.78 bits per heavy atom. The normalized spacial score (nSPS) is 10.7. The van der Waals surface area contributed by atoms with Crippen molar-refractivity contribution in [1.29, 1.82) is 0 Å². The van der Waals surface area contributed by atoms with Crippen LogP contribution in [-0.4, -0.2) is 26.3 Å². The Morgan fingerprint density at radius 3 is 2.52 bits per heavy atom. The number of nitrogens with zero attached hydrogens (tertiary/aromatic N) is 4. The van der Waals surface area contributed by atoms with E-state index in [0.29, 0.717) is 11.5 Å². The van der Waals surface area contributed by atoms with Gasteiger partial charge in [0.25, 0.3) is 0 Å². The zero-order valence-electron chi connectivity index (χ0n) is 14.6. The standard InChI is InChI=1S/C21H18FN5/c22-18-6-4-17(5-7-18)20-14-23-15-21(26-20)24-12-10-16-2-8-19(9-3-16)27-13-1-11-25-27/h1-9,11,13-15H,10,12H2,(H,24,26). The van der Waals surface area contributed by atoms with Gasteiger partial charge >= 0.3 is 0 Å². The first-order valence-electron chi connectivity index (χ1n) is 8.69. The average molecular weight is 359 g/mol. The van der Waals surface area contributed by atoms with Gasteiger partial charge in [0.05, 0.1) is 23.8 Å². The van der Waals surface area contributed by atoms with Crippen LogP contribution < -0.4 is 5.32 Å². The van der Waals surface area contributed by atoms with E-state index in [1.54, 1.807) is 30.7 Å². The first kappa shape index (κ1) is 16.9. The fourth-order valence-electron chi connectivity index (χ4n) is 2.78.